The normalized spacial score (nSPS) is 15.0. The number of anilines is 1. The lowest BCUT2D eigenvalue weighted by Crippen LogP contribution is -2.29. The summed E-state index contributed by atoms with van der Waals surface area (Å²) in [6.45, 7) is 3.73. The van der Waals surface area contributed by atoms with Gasteiger partial charge in [-0.25, -0.2) is 0 Å². The van der Waals surface area contributed by atoms with Gasteiger partial charge in [0, 0.05) is 0 Å². The first-order valence-electron chi connectivity index (χ1n) is 11.0. The highest BCUT2D eigenvalue weighted by Crippen LogP contribution is 2.43. The molecule has 1 amide bonds. The zero-order valence-corrected chi connectivity index (χ0v) is 19.7. The minimum Gasteiger partial charge on any atom is -0.457 e. The van der Waals surface area contributed by atoms with Gasteiger partial charge < -0.3 is 9.15 Å². The molecule has 1 aliphatic rings. The molecule has 0 N–H and O–H groups in total. The summed E-state index contributed by atoms with van der Waals surface area (Å²) in [4.78, 5) is 28.9. The molecule has 1 atom stereocenters. The molecule has 0 bridgehead atoms. The molecule has 1 unspecified atom stereocenters. The number of para-hydroxylation sites is 1. The van der Waals surface area contributed by atoms with Gasteiger partial charge in [0.2, 0.25) is 10.9 Å². The van der Waals surface area contributed by atoms with Crippen LogP contribution in [0, 0.1) is 13.8 Å². The monoisotopic (exact) mass is 481 g/mol. The zero-order valence-electron chi connectivity index (χ0n) is 18.9. The Balaban J connectivity index is 1.55. The number of aryl methyl sites for hydroxylation is 2. The molecular formula is C27H19N3O4S. The van der Waals surface area contributed by atoms with Gasteiger partial charge >= 0.3 is 0 Å². The van der Waals surface area contributed by atoms with E-state index in [1.807, 2.05) is 74.5 Å². The molecule has 3 heterocycles. The fourth-order valence-corrected chi connectivity index (χ4v) is 5.07. The molecule has 5 aromatic rings. The highest BCUT2D eigenvalue weighted by atomic mass is 32.1. The Morgan fingerprint density at radius 2 is 1.71 bits per heavy atom. The number of carbonyl (C=O) groups is 1. The van der Waals surface area contributed by atoms with Crippen LogP contribution in [0.3, 0.4) is 0 Å². The summed E-state index contributed by atoms with van der Waals surface area (Å²) in [6.07, 6.45) is 0. The average molecular weight is 482 g/mol. The molecule has 172 valence electrons. The second-order valence-corrected chi connectivity index (χ2v) is 9.50. The largest absolute Gasteiger partial charge is 0.457 e. The van der Waals surface area contributed by atoms with Gasteiger partial charge in [-0.3, -0.25) is 14.5 Å². The van der Waals surface area contributed by atoms with E-state index >= 15 is 0 Å². The number of rotatable bonds is 4. The molecule has 0 fully saturated rings. The first kappa shape index (κ1) is 21.2. The van der Waals surface area contributed by atoms with E-state index in [9.17, 15) is 9.59 Å². The van der Waals surface area contributed by atoms with Crippen molar-refractivity contribution >= 4 is 33.3 Å². The van der Waals surface area contributed by atoms with E-state index in [-0.39, 0.29) is 16.8 Å². The second-order valence-electron chi connectivity index (χ2n) is 8.34. The fourth-order valence-electron chi connectivity index (χ4n) is 4.36. The van der Waals surface area contributed by atoms with Crippen LogP contribution in [-0.2, 0) is 0 Å². The number of benzene rings is 3. The lowest BCUT2D eigenvalue weighted by atomic mass is 9.98. The first-order valence-corrected chi connectivity index (χ1v) is 11.8. The third-order valence-electron chi connectivity index (χ3n) is 5.90. The number of nitrogens with zero attached hydrogens (tertiary/aromatic N) is 3. The lowest BCUT2D eigenvalue weighted by molar-refractivity contribution is 0.0970. The number of carbonyl (C=O) groups excluding carboxylic acids is 1. The average Bonchev–Trinajstić information content (AvgIpc) is 3.41. The minimum absolute atomic E-state index is 0.0265. The van der Waals surface area contributed by atoms with Crippen LogP contribution in [0.1, 0.15) is 38.3 Å². The molecule has 6 rings (SSSR count). The number of aromatic nitrogens is 2. The van der Waals surface area contributed by atoms with E-state index in [1.54, 1.807) is 12.1 Å². The summed E-state index contributed by atoms with van der Waals surface area (Å²) in [5.41, 5.74) is 2.07. The van der Waals surface area contributed by atoms with Crippen LogP contribution < -0.4 is 15.1 Å². The third-order valence-corrected chi connectivity index (χ3v) is 6.74. The van der Waals surface area contributed by atoms with E-state index < -0.39 is 11.9 Å². The van der Waals surface area contributed by atoms with Gasteiger partial charge in [0.1, 0.15) is 22.1 Å². The van der Waals surface area contributed by atoms with Crippen molar-refractivity contribution in [1.29, 1.82) is 0 Å². The number of fused-ring (bicyclic) bond motifs is 2. The SMILES string of the molecule is Cc1ccc2oc3c(c(=O)c2c1)C(c1cccc(Oc2ccccc2)c1)N(c1nnc(C)s1)C3=O. The standard InChI is InChI=1S/C27H19N3O4S/c1-15-11-12-21-20(13-15)24(31)22-23(30(26(32)25(22)34-21)27-29-28-16(2)35-27)17-7-6-10-19(14-17)33-18-8-4-3-5-9-18/h3-14,23H,1-2H3. The van der Waals surface area contributed by atoms with Crippen LogP contribution in [0.2, 0.25) is 0 Å². The highest BCUT2D eigenvalue weighted by Gasteiger charge is 2.45. The van der Waals surface area contributed by atoms with Crippen LogP contribution in [0.5, 0.6) is 11.5 Å². The van der Waals surface area contributed by atoms with E-state index in [0.717, 1.165) is 5.56 Å². The van der Waals surface area contributed by atoms with Crippen molar-refractivity contribution in [3.05, 3.63) is 110 Å². The second kappa shape index (κ2) is 8.18. The Bertz CT molecular complexity index is 1660. The van der Waals surface area contributed by atoms with Gasteiger partial charge in [-0.2, -0.15) is 0 Å². The van der Waals surface area contributed by atoms with E-state index in [4.69, 9.17) is 9.15 Å². The van der Waals surface area contributed by atoms with Gasteiger partial charge in [-0.1, -0.05) is 53.3 Å². The van der Waals surface area contributed by atoms with Crippen molar-refractivity contribution in [2.45, 2.75) is 19.9 Å². The summed E-state index contributed by atoms with van der Waals surface area (Å²) < 4.78 is 12.0. The molecule has 0 radical (unpaired) electrons. The number of hydrogen-bond acceptors (Lipinski definition) is 7. The Labute approximate surface area is 204 Å². The van der Waals surface area contributed by atoms with Crippen LogP contribution in [0.15, 0.2) is 82.0 Å². The molecule has 0 saturated carbocycles. The molecule has 0 spiro atoms. The maximum Gasteiger partial charge on any atom is 0.297 e. The number of hydrogen-bond donors (Lipinski definition) is 0. The van der Waals surface area contributed by atoms with Gasteiger partial charge in [0.25, 0.3) is 5.91 Å². The Hall–Kier alpha value is -4.30. The number of ether oxygens (including phenoxy) is 1. The smallest absolute Gasteiger partial charge is 0.297 e. The highest BCUT2D eigenvalue weighted by molar-refractivity contribution is 7.15. The molecule has 0 saturated heterocycles. The summed E-state index contributed by atoms with van der Waals surface area (Å²) in [7, 11) is 0. The lowest BCUT2D eigenvalue weighted by Gasteiger charge is -2.22. The molecule has 7 nitrogen and oxygen atoms in total. The van der Waals surface area contributed by atoms with E-state index in [1.165, 1.54) is 16.2 Å². The van der Waals surface area contributed by atoms with Gasteiger partial charge in [0.15, 0.2) is 5.43 Å². The zero-order chi connectivity index (χ0) is 24.1. The Morgan fingerprint density at radius 3 is 2.49 bits per heavy atom. The molecule has 35 heavy (non-hydrogen) atoms. The molecular weight excluding hydrogens is 462 g/mol. The first-order chi connectivity index (χ1) is 17.0. The molecule has 8 heteroatoms. The summed E-state index contributed by atoms with van der Waals surface area (Å²) in [5.74, 6) is 0.878. The summed E-state index contributed by atoms with van der Waals surface area (Å²) in [6, 6.07) is 21.4. The molecule has 1 aliphatic heterocycles. The van der Waals surface area contributed by atoms with E-state index in [2.05, 4.69) is 10.2 Å². The van der Waals surface area contributed by atoms with Crippen molar-refractivity contribution in [3.8, 4) is 11.5 Å². The fraction of sp³-hybridized carbons (Fsp3) is 0.111. The van der Waals surface area contributed by atoms with Gasteiger partial charge in [-0.05, 0) is 55.8 Å². The predicted octanol–water partition coefficient (Wildman–Crippen LogP) is 5.80. The predicted molar refractivity (Wildman–Crippen MR) is 133 cm³/mol. The van der Waals surface area contributed by atoms with Crippen LogP contribution in [0.4, 0.5) is 5.13 Å². The quantitative estimate of drug-likeness (QED) is 0.322. The molecule has 0 aliphatic carbocycles. The Kier molecular flexibility index (Phi) is 4.96. The number of amides is 1. The molecule has 2 aromatic heterocycles. The van der Waals surface area contributed by atoms with E-state index in [0.29, 0.717) is 38.2 Å². The van der Waals surface area contributed by atoms with Crippen molar-refractivity contribution < 1.29 is 13.9 Å². The van der Waals surface area contributed by atoms with Gasteiger partial charge in [0.05, 0.1) is 17.0 Å². The van der Waals surface area contributed by atoms with Crippen molar-refractivity contribution in [1.82, 2.24) is 10.2 Å². The third kappa shape index (κ3) is 3.59. The van der Waals surface area contributed by atoms with Crippen LogP contribution >= 0.6 is 11.3 Å². The minimum atomic E-state index is -0.731. The molecule has 3 aromatic carbocycles. The van der Waals surface area contributed by atoms with Crippen molar-refractivity contribution in [3.63, 3.8) is 0 Å². The topological polar surface area (TPSA) is 85.5 Å². The maximum absolute atomic E-state index is 13.8. The van der Waals surface area contributed by atoms with Gasteiger partial charge in [-0.15, -0.1) is 10.2 Å². The van der Waals surface area contributed by atoms with Crippen LogP contribution in [-0.4, -0.2) is 16.1 Å². The summed E-state index contributed by atoms with van der Waals surface area (Å²) in [5, 5.41) is 9.85. The van der Waals surface area contributed by atoms with Crippen molar-refractivity contribution in [2.24, 2.45) is 0 Å². The summed E-state index contributed by atoms with van der Waals surface area (Å²) >= 11 is 1.29. The Morgan fingerprint density at radius 1 is 0.914 bits per heavy atom. The van der Waals surface area contributed by atoms with Crippen molar-refractivity contribution in [2.75, 3.05) is 4.90 Å². The van der Waals surface area contributed by atoms with Crippen LogP contribution in [0.25, 0.3) is 11.0 Å². The maximum atomic E-state index is 13.8.